The molecule has 0 saturated carbocycles. The van der Waals surface area contributed by atoms with Gasteiger partial charge in [-0.3, -0.25) is 0 Å². The van der Waals surface area contributed by atoms with E-state index in [-0.39, 0.29) is 10.7 Å². The Morgan fingerprint density at radius 3 is 2.25 bits per heavy atom. The van der Waals surface area contributed by atoms with E-state index in [9.17, 15) is 8.42 Å². The number of anilines is 1. The van der Waals surface area contributed by atoms with E-state index in [0.717, 1.165) is 5.69 Å². The lowest BCUT2D eigenvalue weighted by molar-refractivity contribution is 0.387. The Balaban J connectivity index is 1.99. The van der Waals surface area contributed by atoms with Crippen LogP contribution in [0.25, 0.3) is 0 Å². The van der Waals surface area contributed by atoms with Gasteiger partial charge >= 0.3 is 0 Å². The molecule has 0 unspecified atom stereocenters. The molecule has 110 valence electrons. The fraction of sp³-hybridized carbons (Fsp3) is 0.417. The number of nitrogens with two attached hydrogens (primary N) is 1. The normalized spacial score (nSPS) is 17.1. The summed E-state index contributed by atoms with van der Waals surface area (Å²) in [4.78, 5) is 2.13. The lowest BCUT2D eigenvalue weighted by Crippen LogP contribution is -2.50. The van der Waals surface area contributed by atoms with Crippen LogP contribution in [0.15, 0.2) is 24.3 Å². The Kier molecular flexibility index (Phi) is 4.85. The molecule has 0 amide bonds. The van der Waals surface area contributed by atoms with Gasteiger partial charge in [0.15, 0.2) is 0 Å². The first kappa shape index (κ1) is 15.5. The Hall–Kier alpha value is -0.890. The molecule has 1 aromatic carbocycles. The van der Waals surface area contributed by atoms with Gasteiger partial charge < -0.3 is 10.6 Å². The van der Waals surface area contributed by atoms with E-state index in [1.165, 1.54) is 4.31 Å². The van der Waals surface area contributed by atoms with Crippen molar-refractivity contribution in [2.24, 2.45) is 5.73 Å². The summed E-state index contributed by atoms with van der Waals surface area (Å²) >= 11 is 10.5. The Labute approximate surface area is 129 Å². The summed E-state index contributed by atoms with van der Waals surface area (Å²) in [6.07, 6.45) is 0. The molecule has 0 aromatic heterocycles. The first-order chi connectivity index (χ1) is 9.38. The molecule has 1 aliphatic heterocycles. The highest BCUT2D eigenvalue weighted by molar-refractivity contribution is 7.92. The Morgan fingerprint density at radius 1 is 1.20 bits per heavy atom. The molecule has 0 spiro atoms. The van der Waals surface area contributed by atoms with Gasteiger partial charge in [0.2, 0.25) is 10.0 Å². The van der Waals surface area contributed by atoms with Gasteiger partial charge in [-0.15, -0.1) is 0 Å². The number of thiocarbonyl (C=S) groups is 1. The standard InChI is InChI=1S/C12H16ClN3O2S2/c13-10-1-3-11(4-2-10)15-5-7-16(8-6-15)20(17,18)9-12(14)19/h1-4H,5-9H2,(H2,14,19). The maximum atomic E-state index is 12.0. The summed E-state index contributed by atoms with van der Waals surface area (Å²) < 4.78 is 25.5. The van der Waals surface area contributed by atoms with Gasteiger partial charge in [0.1, 0.15) is 5.75 Å². The van der Waals surface area contributed by atoms with Crippen LogP contribution in [-0.4, -0.2) is 49.6 Å². The molecule has 5 nitrogen and oxygen atoms in total. The first-order valence-corrected chi connectivity index (χ1v) is 8.55. The fourth-order valence-electron chi connectivity index (χ4n) is 2.15. The second-order valence-electron chi connectivity index (χ2n) is 4.59. The molecule has 1 fully saturated rings. The predicted octanol–water partition coefficient (Wildman–Crippen LogP) is 1.08. The van der Waals surface area contributed by atoms with Crippen molar-refractivity contribution in [3.05, 3.63) is 29.3 Å². The average Bonchev–Trinajstić information content (AvgIpc) is 2.38. The van der Waals surface area contributed by atoms with Crippen LogP contribution in [-0.2, 0) is 10.0 Å². The third-order valence-corrected chi connectivity index (χ3v) is 5.56. The molecule has 20 heavy (non-hydrogen) atoms. The van der Waals surface area contributed by atoms with Crippen LogP contribution in [0, 0.1) is 0 Å². The van der Waals surface area contributed by atoms with Crippen LogP contribution in [0.3, 0.4) is 0 Å². The minimum Gasteiger partial charge on any atom is -0.392 e. The topological polar surface area (TPSA) is 66.6 Å². The number of hydrogen-bond acceptors (Lipinski definition) is 4. The van der Waals surface area contributed by atoms with Gasteiger partial charge in [-0.1, -0.05) is 23.8 Å². The van der Waals surface area contributed by atoms with Crippen LogP contribution in [0.2, 0.25) is 5.02 Å². The van der Waals surface area contributed by atoms with E-state index >= 15 is 0 Å². The van der Waals surface area contributed by atoms with E-state index in [1.807, 2.05) is 24.3 Å². The smallest absolute Gasteiger partial charge is 0.220 e. The number of hydrogen-bond donors (Lipinski definition) is 1. The maximum absolute atomic E-state index is 12.0. The average molecular weight is 334 g/mol. The molecule has 0 atom stereocenters. The van der Waals surface area contributed by atoms with Gasteiger partial charge in [0.25, 0.3) is 0 Å². The summed E-state index contributed by atoms with van der Waals surface area (Å²) in [5.41, 5.74) is 6.36. The van der Waals surface area contributed by atoms with Crippen LogP contribution < -0.4 is 10.6 Å². The Bertz CT molecular complexity index is 581. The minimum atomic E-state index is -3.38. The van der Waals surface area contributed by atoms with Crippen LogP contribution in [0.5, 0.6) is 0 Å². The molecule has 1 aliphatic rings. The van der Waals surface area contributed by atoms with Crippen LogP contribution in [0.4, 0.5) is 5.69 Å². The molecule has 2 N–H and O–H groups in total. The number of nitrogens with zero attached hydrogens (tertiary/aromatic N) is 2. The van der Waals surface area contributed by atoms with E-state index in [2.05, 4.69) is 17.1 Å². The van der Waals surface area contributed by atoms with Crippen molar-refractivity contribution in [3.63, 3.8) is 0 Å². The number of benzene rings is 1. The highest BCUT2D eigenvalue weighted by atomic mass is 35.5. The second-order valence-corrected chi connectivity index (χ2v) is 7.51. The minimum absolute atomic E-state index is 0.00475. The molecule has 8 heteroatoms. The Morgan fingerprint density at radius 2 is 1.75 bits per heavy atom. The third-order valence-electron chi connectivity index (χ3n) is 3.15. The zero-order chi connectivity index (χ0) is 14.8. The van der Waals surface area contributed by atoms with Crippen molar-refractivity contribution in [3.8, 4) is 0 Å². The number of rotatable bonds is 4. The van der Waals surface area contributed by atoms with Gasteiger partial charge in [-0.2, -0.15) is 4.31 Å². The van der Waals surface area contributed by atoms with Gasteiger partial charge in [-0.05, 0) is 24.3 Å². The van der Waals surface area contributed by atoms with Crippen molar-refractivity contribution in [2.75, 3.05) is 36.8 Å². The number of halogens is 1. The van der Waals surface area contributed by atoms with Crippen LogP contribution >= 0.6 is 23.8 Å². The van der Waals surface area contributed by atoms with Crippen molar-refractivity contribution >= 4 is 44.5 Å². The maximum Gasteiger partial charge on any atom is 0.220 e. The van der Waals surface area contributed by atoms with Crippen molar-refractivity contribution in [1.82, 2.24) is 4.31 Å². The molecule has 1 aromatic rings. The lowest BCUT2D eigenvalue weighted by Gasteiger charge is -2.35. The monoisotopic (exact) mass is 333 g/mol. The third kappa shape index (κ3) is 3.82. The summed E-state index contributed by atoms with van der Waals surface area (Å²) in [5, 5.41) is 0.687. The first-order valence-electron chi connectivity index (χ1n) is 6.15. The highest BCUT2D eigenvalue weighted by Gasteiger charge is 2.27. The van der Waals surface area contributed by atoms with Gasteiger partial charge in [-0.25, -0.2) is 8.42 Å². The van der Waals surface area contributed by atoms with E-state index < -0.39 is 10.0 Å². The fourth-order valence-corrected chi connectivity index (χ4v) is 3.98. The van der Waals surface area contributed by atoms with E-state index in [4.69, 9.17) is 17.3 Å². The molecular weight excluding hydrogens is 318 g/mol. The molecule has 0 aliphatic carbocycles. The quantitative estimate of drug-likeness (QED) is 0.835. The molecule has 1 saturated heterocycles. The number of sulfonamides is 1. The summed E-state index contributed by atoms with van der Waals surface area (Å²) in [5.74, 6) is -0.261. The van der Waals surface area contributed by atoms with E-state index in [1.54, 1.807) is 0 Å². The van der Waals surface area contributed by atoms with Crippen molar-refractivity contribution in [2.45, 2.75) is 0 Å². The molecule has 1 heterocycles. The SMILES string of the molecule is NC(=S)CS(=O)(=O)N1CCN(c2ccc(Cl)cc2)CC1. The lowest BCUT2D eigenvalue weighted by atomic mass is 10.2. The highest BCUT2D eigenvalue weighted by Crippen LogP contribution is 2.20. The van der Waals surface area contributed by atoms with Crippen LogP contribution in [0.1, 0.15) is 0 Å². The summed E-state index contributed by atoms with van der Waals surface area (Å²) in [7, 11) is -3.38. The summed E-state index contributed by atoms with van der Waals surface area (Å²) in [6, 6.07) is 7.52. The zero-order valence-corrected chi connectivity index (χ0v) is 13.2. The predicted molar refractivity (Wildman–Crippen MR) is 85.8 cm³/mol. The zero-order valence-electron chi connectivity index (χ0n) is 10.8. The summed E-state index contributed by atoms with van der Waals surface area (Å²) in [6.45, 7) is 2.15. The second kappa shape index (κ2) is 6.26. The molecule has 2 rings (SSSR count). The molecule has 0 bridgehead atoms. The van der Waals surface area contributed by atoms with Gasteiger partial charge in [0.05, 0.1) is 4.99 Å². The molecular formula is C12H16ClN3O2S2. The van der Waals surface area contributed by atoms with Gasteiger partial charge in [0, 0.05) is 36.9 Å². The van der Waals surface area contributed by atoms with Crippen molar-refractivity contribution in [1.29, 1.82) is 0 Å². The molecule has 0 radical (unpaired) electrons. The van der Waals surface area contributed by atoms with Crippen molar-refractivity contribution < 1.29 is 8.42 Å². The largest absolute Gasteiger partial charge is 0.392 e. The van der Waals surface area contributed by atoms with E-state index in [0.29, 0.717) is 31.2 Å². The number of piperazine rings is 1.